The standard InChI is InChI=1S/C16H23NO2/c1-2-13-6-9-16(10-7-13,15(18)19)11-8-14-5-3-4-12-17-14/h3-5,12-13H,2,6-11H2,1H3,(H,18,19). The molecule has 1 aromatic heterocycles. The van der Waals surface area contributed by atoms with Crippen molar-refractivity contribution >= 4 is 5.97 Å². The number of carboxylic acid groups (broad SMARTS) is 1. The molecular weight excluding hydrogens is 238 g/mol. The molecule has 0 atom stereocenters. The predicted octanol–water partition coefficient (Wildman–Crippen LogP) is 3.69. The minimum absolute atomic E-state index is 0.511. The van der Waals surface area contributed by atoms with E-state index in [1.165, 1.54) is 6.42 Å². The average Bonchev–Trinajstić information content (AvgIpc) is 2.46. The molecule has 1 aliphatic carbocycles. The van der Waals surface area contributed by atoms with Crippen molar-refractivity contribution in [1.82, 2.24) is 4.98 Å². The zero-order valence-corrected chi connectivity index (χ0v) is 11.6. The van der Waals surface area contributed by atoms with E-state index in [0.717, 1.165) is 50.1 Å². The van der Waals surface area contributed by atoms with Crippen molar-refractivity contribution in [3.63, 3.8) is 0 Å². The molecule has 0 bridgehead atoms. The normalized spacial score (nSPS) is 27.1. The Morgan fingerprint density at radius 2 is 2.16 bits per heavy atom. The molecule has 0 aliphatic heterocycles. The number of carbonyl (C=O) groups is 1. The molecule has 1 N–H and O–H groups in total. The third kappa shape index (κ3) is 3.34. The summed E-state index contributed by atoms with van der Waals surface area (Å²) in [7, 11) is 0. The summed E-state index contributed by atoms with van der Waals surface area (Å²) in [5, 5.41) is 9.61. The second-order valence-corrected chi connectivity index (χ2v) is 5.76. The van der Waals surface area contributed by atoms with Gasteiger partial charge in [0.25, 0.3) is 0 Å². The maximum absolute atomic E-state index is 11.7. The van der Waals surface area contributed by atoms with Crippen LogP contribution in [0, 0.1) is 11.3 Å². The Balaban J connectivity index is 1.99. The number of hydrogen-bond donors (Lipinski definition) is 1. The zero-order chi connectivity index (χ0) is 13.7. The maximum atomic E-state index is 11.7. The fraction of sp³-hybridized carbons (Fsp3) is 0.625. The molecule has 0 amide bonds. The Kier molecular flexibility index (Phi) is 4.56. The summed E-state index contributed by atoms with van der Waals surface area (Å²) < 4.78 is 0. The van der Waals surface area contributed by atoms with E-state index in [1.54, 1.807) is 6.20 Å². The van der Waals surface area contributed by atoms with E-state index in [9.17, 15) is 9.90 Å². The number of aromatic nitrogens is 1. The van der Waals surface area contributed by atoms with Gasteiger partial charge in [-0.05, 0) is 56.6 Å². The van der Waals surface area contributed by atoms with Crippen molar-refractivity contribution in [1.29, 1.82) is 0 Å². The van der Waals surface area contributed by atoms with Gasteiger partial charge >= 0.3 is 5.97 Å². The first-order valence-electron chi connectivity index (χ1n) is 7.29. The van der Waals surface area contributed by atoms with Gasteiger partial charge in [-0.15, -0.1) is 0 Å². The highest BCUT2D eigenvalue weighted by Gasteiger charge is 2.41. The molecule has 0 radical (unpaired) electrons. The smallest absolute Gasteiger partial charge is 0.309 e. The molecule has 1 aromatic rings. The summed E-state index contributed by atoms with van der Waals surface area (Å²) in [5.41, 5.74) is 0.490. The first kappa shape index (κ1) is 14.0. The van der Waals surface area contributed by atoms with Crippen LogP contribution in [0.2, 0.25) is 0 Å². The zero-order valence-electron chi connectivity index (χ0n) is 11.6. The molecule has 104 valence electrons. The number of nitrogens with zero attached hydrogens (tertiary/aromatic N) is 1. The third-order valence-electron chi connectivity index (χ3n) is 4.68. The lowest BCUT2D eigenvalue weighted by molar-refractivity contribution is -0.152. The lowest BCUT2D eigenvalue weighted by atomic mass is 9.67. The largest absolute Gasteiger partial charge is 0.481 e. The molecule has 0 saturated heterocycles. The number of carboxylic acids is 1. The van der Waals surface area contributed by atoms with E-state index in [2.05, 4.69) is 11.9 Å². The average molecular weight is 261 g/mol. The number of aryl methyl sites for hydroxylation is 1. The SMILES string of the molecule is CCC1CCC(CCc2ccccn2)(C(=O)O)CC1. The van der Waals surface area contributed by atoms with Crippen LogP contribution in [-0.2, 0) is 11.2 Å². The molecule has 0 spiro atoms. The van der Waals surface area contributed by atoms with E-state index in [1.807, 2.05) is 18.2 Å². The molecule has 1 aliphatic rings. The van der Waals surface area contributed by atoms with Crippen LogP contribution in [0.1, 0.15) is 51.1 Å². The second-order valence-electron chi connectivity index (χ2n) is 5.76. The summed E-state index contributed by atoms with van der Waals surface area (Å²) in [6.07, 6.45) is 8.21. The highest BCUT2D eigenvalue weighted by Crippen LogP contribution is 2.43. The molecule has 2 rings (SSSR count). The Labute approximate surface area is 115 Å². The van der Waals surface area contributed by atoms with Crippen molar-refractivity contribution in [2.45, 2.75) is 51.9 Å². The highest BCUT2D eigenvalue weighted by atomic mass is 16.4. The molecule has 1 heterocycles. The number of pyridine rings is 1. The molecule has 1 fully saturated rings. The van der Waals surface area contributed by atoms with Gasteiger partial charge in [0.1, 0.15) is 0 Å². The van der Waals surface area contributed by atoms with Crippen LogP contribution in [0.3, 0.4) is 0 Å². The van der Waals surface area contributed by atoms with Crippen LogP contribution in [0.25, 0.3) is 0 Å². The Hall–Kier alpha value is -1.38. The Morgan fingerprint density at radius 1 is 1.42 bits per heavy atom. The first-order valence-corrected chi connectivity index (χ1v) is 7.29. The predicted molar refractivity (Wildman–Crippen MR) is 74.9 cm³/mol. The number of hydrogen-bond acceptors (Lipinski definition) is 2. The van der Waals surface area contributed by atoms with Gasteiger partial charge in [-0.25, -0.2) is 0 Å². The van der Waals surface area contributed by atoms with Gasteiger partial charge in [0.05, 0.1) is 5.41 Å². The molecule has 3 heteroatoms. The van der Waals surface area contributed by atoms with Crippen molar-refractivity contribution in [2.75, 3.05) is 0 Å². The van der Waals surface area contributed by atoms with E-state index >= 15 is 0 Å². The highest BCUT2D eigenvalue weighted by molar-refractivity contribution is 5.74. The van der Waals surface area contributed by atoms with Gasteiger partial charge in [0.15, 0.2) is 0 Å². The lowest BCUT2D eigenvalue weighted by Crippen LogP contribution is -2.36. The van der Waals surface area contributed by atoms with E-state index in [0.29, 0.717) is 0 Å². The number of aliphatic carboxylic acids is 1. The van der Waals surface area contributed by atoms with Gasteiger partial charge in [-0.3, -0.25) is 9.78 Å². The topological polar surface area (TPSA) is 50.2 Å². The van der Waals surface area contributed by atoms with E-state index < -0.39 is 11.4 Å². The van der Waals surface area contributed by atoms with Crippen LogP contribution in [0.4, 0.5) is 0 Å². The minimum atomic E-state index is -0.613. The monoisotopic (exact) mass is 261 g/mol. The van der Waals surface area contributed by atoms with E-state index in [4.69, 9.17) is 0 Å². The van der Waals surface area contributed by atoms with Crippen LogP contribution >= 0.6 is 0 Å². The van der Waals surface area contributed by atoms with E-state index in [-0.39, 0.29) is 0 Å². The first-order chi connectivity index (χ1) is 9.16. The van der Waals surface area contributed by atoms with Crippen molar-refractivity contribution in [3.05, 3.63) is 30.1 Å². The summed E-state index contributed by atoms with van der Waals surface area (Å²) in [5.74, 6) is 0.111. The summed E-state index contributed by atoms with van der Waals surface area (Å²) in [4.78, 5) is 16.0. The van der Waals surface area contributed by atoms with Gasteiger partial charge in [-0.2, -0.15) is 0 Å². The Morgan fingerprint density at radius 3 is 2.68 bits per heavy atom. The van der Waals surface area contributed by atoms with Crippen molar-refractivity contribution < 1.29 is 9.90 Å². The summed E-state index contributed by atoms with van der Waals surface area (Å²) >= 11 is 0. The third-order valence-corrected chi connectivity index (χ3v) is 4.68. The quantitative estimate of drug-likeness (QED) is 0.879. The minimum Gasteiger partial charge on any atom is -0.481 e. The number of rotatable bonds is 5. The van der Waals surface area contributed by atoms with Crippen molar-refractivity contribution in [2.24, 2.45) is 11.3 Å². The van der Waals surface area contributed by atoms with Crippen LogP contribution in [0.15, 0.2) is 24.4 Å². The van der Waals surface area contributed by atoms with Gasteiger partial charge < -0.3 is 5.11 Å². The Bertz CT molecular complexity index is 408. The van der Waals surface area contributed by atoms with Crippen LogP contribution in [-0.4, -0.2) is 16.1 Å². The van der Waals surface area contributed by atoms with Crippen LogP contribution in [0.5, 0.6) is 0 Å². The van der Waals surface area contributed by atoms with Gasteiger partial charge in [0, 0.05) is 11.9 Å². The molecule has 19 heavy (non-hydrogen) atoms. The molecule has 1 saturated carbocycles. The van der Waals surface area contributed by atoms with Gasteiger partial charge in [0.2, 0.25) is 0 Å². The lowest BCUT2D eigenvalue weighted by Gasteiger charge is -2.36. The fourth-order valence-electron chi connectivity index (χ4n) is 3.12. The molecule has 0 unspecified atom stereocenters. The van der Waals surface area contributed by atoms with Crippen LogP contribution < -0.4 is 0 Å². The molecule has 0 aromatic carbocycles. The second kappa shape index (κ2) is 6.18. The molecular formula is C16H23NO2. The summed E-state index contributed by atoms with van der Waals surface area (Å²) in [6, 6.07) is 5.83. The van der Waals surface area contributed by atoms with Gasteiger partial charge in [-0.1, -0.05) is 19.4 Å². The van der Waals surface area contributed by atoms with Crippen molar-refractivity contribution in [3.8, 4) is 0 Å². The fourth-order valence-corrected chi connectivity index (χ4v) is 3.12. The summed E-state index contributed by atoms with van der Waals surface area (Å²) in [6.45, 7) is 2.20. The molecule has 3 nitrogen and oxygen atoms in total. The maximum Gasteiger partial charge on any atom is 0.309 e.